The molecule has 0 fully saturated rings. The third-order valence-electron chi connectivity index (χ3n) is 8.28. The van der Waals surface area contributed by atoms with Crippen LogP contribution >= 0.6 is 11.3 Å². The number of thiophene rings is 1. The summed E-state index contributed by atoms with van der Waals surface area (Å²) < 4.78 is 3.61. The molecule has 0 aliphatic rings. The van der Waals surface area contributed by atoms with Gasteiger partial charge in [-0.2, -0.15) is 0 Å². The third kappa shape index (κ3) is 3.39. The van der Waals surface area contributed by atoms with Crippen LogP contribution < -0.4 is 0 Å². The Morgan fingerprint density at radius 2 is 1.17 bits per heavy atom. The Morgan fingerprint density at radius 1 is 0.500 bits per heavy atom. The average molecular weight is 554 g/mol. The molecule has 4 heteroatoms. The van der Waals surface area contributed by atoms with Crippen molar-refractivity contribution in [3.8, 4) is 28.2 Å². The quantitative estimate of drug-likeness (QED) is 0.204. The van der Waals surface area contributed by atoms with Gasteiger partial charge in [0, 0.05) is 43.7 Å². The van der Waals surface area contributed by atoms with Crippen LogP contribution in [0, 0.1) is 0 Å². The first kappa shape index (κ1) is 23.4. The van der Waals surface area contributed by atoms with Crippen LogP contribution in [-0.4, -0.2) is 14.5 Å². The van der Waals surface area contributed by atoms with Crippen LogP contribution in [0.1, 0.15) is 0 Å². The summed E-state index contributed by atoms with van der Waals surface area (Å²) in [5.41, 5.74) is 6.76. The van der Waals surface area contributed by atoms with E-state index in [1.54, 1.807) is 11.3 Å². The lowest BCUT2D eigenvalue weighted by atomic mass is 9.99. The zero-order valence-corrected chi connectivity index (χ0v) is 23.3. The molecule has 42 heavy (non-hydrogen) atoms. The molecule has 3 heterocycles. The van der Waals surface area contributed by atoms with E-state index in [0.717, 1.165) is 32.9 Å². The molecule has 0 saturated heterocycles. The molecule has 6 aromatic carbocycles. The molecule has 0 N–H and O–H groups in total. The summed E-state index contributed by atoms with van der Waals surface area (Å²) in [6.07, 6.45) is 1.87. The van der Waals surface area contributed by atoms with E-state index in [4.69, 9.17) is 4.98 Å². The summed E-state index contributed by atoms with van der Waals surface area (Å²) in [7, 11) is 0. The van der Waals surface area contributed by atoms with Crippen LogP contribution in [-0.2, 0) is 0 Å². The third-order valence-corrected chi connectivity index (χ3v) is 9.44. The van der Waals surface area contributed by atoms with E-state index in [-0.39, 0.29) is 0 Å². The van der Waals surface area contributed by atoms with Gasteiger partial charge >= 0.3 is 0 Å². The van der Waals surface area contributed by atoms with Crippen molar-refractivity contribution in [2.24, 2.45) is 0 Å². The van der Waals surface area contributed by atoms with E-state index >= 15 is 0 Å². The van der Waals surface area contributed by atoms with E-state index in [2.05, 4.69) is 137 Å². The Hall–Kier alpha value is -5.32. The van der Waals surface area contributed by atoms with Gasteiger partial charge in [-0.1, -0.05) is 109 Å². The molecule has 0 radical (unpaired) electrons. The fourth-order valence-corrected chi connectivity index (χ4v) is 7.57. The van der Waals surface area contributed by atoms with Gasteiger partial charge in [0.1, 0.15) is 10.7 Å². The van der Waals surface area contributed by atoms with Gasteiger partial charge in [0.2, 0.25) is 0 Å². The second-order valence-electron chi connectivity index (χ2n) is 10.6. The monoisotopic (exact) mass is 553 g/mol. The lowest BCUT2D eigenvalue weighted by molar-refractivity contribution is 1.11. The van der Waals surface area contributed by atoms with Crippen LogP contribution in [0.3, 0.4) is 0 Å². The number of imidazole rings is 1. The maximum atomic E-state index is 5.34. The maximum Gasteiger partial charge on any atom is 0.145 e. The van der Waals surface area contributed by atoms with Gasteiger partial charge in [0.05, 0.1) is 11.0 Å². The number of fused-ring (bicyclic) bond motifs is 9. The number of aromatic nitrogens is 3. The van der Waals surface area contributed by atoms with Crippen LogP contribution in [0.4, 0.5) is 0 Å². The fourth-order valence-electron chi connectivity index (χ4n) is 6.39. The standard InChI is InChI=1S/C38H23N3S/c1-2-10-25(11-3-1)37-40-34-30-14-6-4-12-28(30)29-13-5-7-15-31(29)35(34)41(37)26-21-19-24(20-22-26)27-16-8-17-32-33-18-9-23-39-38(33)42-36(27)32/h1-23H. The van der Waals surface area contributed by atoms with Gasteiger partial charge in [-0.25, -0.2) is 9.97 Å². The van der Waals surface area contributed by atoms with Crippen molar-refractivity contribution in [2.45, 2.75) is 0 Å². The second kappa shape index (κ2) is 9.10. The van der Waals surface area contributed by atoms with E-state index in [9.17, 15) is 0 Å². The van der Waals surface area contributed by atoms with Crippen LogP contribution in [0.25, 0.3) is 81.1 Å². The summed E-state index contributed by atoms with van der Waals surface area (Å²) in [6, 6.07) is 47.5. The Kier molecular flexibility index (Phi) is 5.07. The van der Waals surface area contributed by atoms with Gasteiger partial charge in [0.15, 0.2) is 0 Å². The molecule has 0 unspecified atom stereocenters. The van der Waals surface area contributed by atoms with Gasteiger partial charge in [-0.05, 0) is 46.2 Å². The smallest absolute Gasteiger partial charge is 0.145 e. The largest absolute Gasteiger partial charge is 0.292 e. The minimum atomic E-state index is 0.942. The molecule has 9 rings (SSSR count). The van der Waals surface area contributed by atoms with Crippen LogP contribution in [0.5, 0.6) is 0 Å². The minimum Gasteiger partial charge on any atom is -0.292 e. The average Bonchev–Trinajstić information content (AvgIpc) is 3.65. The van der Waals surface area contributed by atoms with Crippen molar-refractivity contribution in [2.75, 3.05) is 0 Å². The molecule has 0 saturated carbocycles. The van der Waals surface area contributed by atoms with E-state index in [0.29, 0.717) is 0 Å². The number of rotatable bonds is 3. The second-order valence-corrected chi connectivity index (χ2v) is 11.6. The van der Waals surface area contributed by atoms with E-state index in [1.165, 1.54) is 48.1 Å². The summed E-state index contributed by atoms with van der Waals surface area (Å²) >= 11 is 1.76. The summed E-state index contributed by atoms with van der Waals surface area (Å²) in [4.78, 5) is 11.0. The van der Waals surface area contributed by atoms with Crippen molar-refractivity contribution >= 4 is 64.2 Å². The molecule has 3 nitrogen and oxygen atoms in total. The first-order valence-corrected chi connectivity index (χ1v) is 14.9. The van der Waals surface area contributed by atoms with Crippen LogP contribution in [0.15, 0.2) is 140 Å². The lowest BCUT2D eigenvalue weighted by Gasteiger charge is -2.13. The van der Waals surface area contributed by atoms with Crippen molar-refractivity contribution in [1.29, 1.82) is 0 Å². The lowest BCUT2D eigenvalue weighted by Crippen LogP contribution is -1.98. The molecule has 0 atom stereocenters. The Balaban J connectivity index is 1.31. The minimum absolute atomic E-state index is 0.942. The molecule has 0 bridgehead atoms. The normalized spacial score (nSPS) is 11.8. The highest BCUT2D eigenvalue weighted by atomic mass is 32.1. The molecule has 0 spiro atoms. The predicted octanol–water partition coefficient (Wildman–Crippen LogP) is 10.4. The molecule has 0 aliphatic heterocycles. The number of benzene rings is 6. The Bertz CT molecular complexity index is 2450. The Labute approximate surface area is 246 Å². The summed E-state index contributed by atoms with van der Waals surface area (Å²) in [5, 5.41) is 7.31. The first-order valence-electron chi connectivity index (χ1n) is 14.1. The highest BCUT2D eigenvalue weighted by Crippen LogP contribution is 2.41. The number of hydrogen-bond donors (Lipinski definition) is 0. The van der Waals surface area contributed by atoms with Crippen molar-refractivity contribution in [3.63, 3.8) is 0 Å². The highest BCUT2D eigenvalue weighted by Gasteiger charge is 2.20. The maximum absolute atomic E-state index is 5.34. The summed E-state index contributed by atoms with van der Waals surface area (Å²) in [6.45, 7) is 0. The van der Waals surface area contributed by atoms with E-state index in [1.807, 2.05) is 12.3 Å². The summed E-state index contributed by atoms with van der Waals surface area (Å²) in [5.74, 6) is 0.942. The van der Waals surface area contributed by atoms with Crippen molar-refractivity contribution in [1.82, 2.24) is 14.5 Å². The van der Waals surface area contributed by atoms with Gasteiger partial charge in [0.25, 0.3) is 0 Å². The van der Waals surface area contributed by atoms with E-state index < -0.39 is 0 Å². The zero-order valence-electron chi connectivity index (χ0n) is 22.5. The molecule has 0 aliphatic carbocycles. The zero-order chi connectivity index (χ0) is 27.6. The Morgan fingerprint density at radius 3 is 1.98 bits per heavy atom. The molecule has 196 valence electrons. The highest BCUT2D eigenvalue weighted by molar-refractivity contribution is 7.26. The molecule has 0 amide bonds. The molecule has 3 aromatic heterocycles. The van der Waals surface area contributed by atoms with Gasteiger partial charge in [-0.3, -0.25) is 4.57 Å². The SMILES string of the molecule is c1ccc(-c2nc3c4ccccc4c4ccccc4c3n2-c2ccc(-c3cccc4c3sc3ncccc34)cc2)cc1. The topological polar surface area (TPSA) is 30.7 Å². The first-order chi connectivity index (χ1) is 20.8. The molecule has 9 aromatic rings. The predicted molar refractivity (Wildman–Crippen MR) is 178 cm³/mol. The van der Waals surface area contributed by atoms with Crippen LogP contribution in [0.2, 0.25) is 0 Å². The van der Waals surface area contributed by atoms with Crippen molar-refractivity contribution < 1.29 is 0 Å². The van der Waals surface area contributed by atoms with Gasteiger partial charge in [-0.15, -0.1) is 11.3 Å². The number of hydrogen-bond acceptors (Lipinski definition) is 3. The molecular formula is C38H23N3S. The number of nitrogens with zero attached hydrogens (tertiary/aromatic N) is 3. The number of pyridine rings is 1. The molecular weight excluding hydrogens is 531 g/mol. The van der Waals surface area contributed by atoms with Gasteiger partial charge < -0.3 is 0 Å². The van der Waals surface area contributed by atoms with Crippen molar-refractivity contribution in [3.05, 3.63) is 140 Å². The fraction of sp³-hybridized carbons (Fsp3) is 0.